The second kappa shape index (κ2) is 6.74. The Bertz CT molecular complexity index is 532. The maximum Gasteiger partial charge on any atom is -0.0219 e. The summed E-state index contributed by atoms with van der Waals surface area (Å²) in [7, 11) is 0. The quantitative estimate of drug-likeness (QED) is 0.649. The topological polar surface area (TPSA) is 0 Å². The minimum Gasteiger partial charge on any atom is -0.0617 e. The summed E-state index contributed by atoms with van der Waals surface area (Å²) in [5, 5.41) is 0. The first kappa shape index (κ1) is 14.8. The van der Waals surface area contributed by atoms with E-state index in [4.69, 9.17) is 0 Å². The minimum absolute atomic E-state index is 0.611. The molecule has 20 heavy (non-hydrogen) atoms. The third-order valence-corrected chi connectivity index (χ3v) is 3.97. The van der Waals surface area contributed by atoms with Crippen molar-refractivity contribution in [2.24, 2.45) is 0 Å². The summed E-state index contributed by atoms with van der Waals surface area (Å²) >= 11 is 0. The van der Waals surface area contributed by atoms with Crippen molar-refractivity contribution in [1.29, 1.82) is 0 Å². The Kier molecular flexibility index (Phi) is 5.00. The largest absolute Gasteiger partial charge is 0.0617 e. The van der Waals surface area contributed by atoms with E-state index in [1.165, 1.54) is 22.3 Å². The van der Waals surface area contributed by atoms with Gasteiger partial charge in [0.05, 0.1) is 0 Å². The molecule has 0 nitrogen and oxygen atoms in total. The second-order valence-electron chi connectivity index (χ2n) is 6.30. The Morgan fingerprint density at radius 2 is 1.25 bits per heavy atom. The van der Waals surface area contributed by atoms with Gasteiger partial charge in [-0.2, -0.15) is 0 Å². The predicted octanol–water partition coefficient (Wildman–Crippen LogP) is 5.72. The molecule has 2 aromatic carbocycles. The molecule has 2 rings (SSSR count). The number of aryl methyl sites for hydroxylation is 2. The van der Waals surface area contributed by atoms with Crippen molar-refractivity contribution in [3.05, 3.63) is 70.8 Å². The summed E-state index contributed by atoms with van der Waals surface area (Å²) in [4.78, 5) is 0. The van der Waals surface area contributed by atoms with Gasteiger partial charge in [-0.05, 0) is 46.9 Å². The fraction of sp³-hybridized carbons (Fsp3) is 0.400. The molecule has 2 aromatic rings. The number of hydrogen-bond donors (Lipinski definition) is 0. The van der Waals surface area contributed by atoms with Crippen molar-refractivity contribution in [2.75, 3.05) is 0 Å². The van der Waals surface area contributed by atoms with Gasteiger partial charge in [0, 0.05) is 0 Å². The predicted molar refractivity (Wildman–Crippen MR) is 88.5 cm³/mol. The third kappa shape index (κ3) is 3.96. The van der Waals surface area contributed by atoms with Crippen LogP contribution < -0.4 is 0 Å². The van der Waals surface area contributed by atoms with E-state index in [0.29, 0.717) is 11.8 Å². The van der Waals surface area contributed by atoms with Crippen LogP contribution in [0.25, 0.3) is 0 Å². The van der Waals surface area contributed by atoms with E-state index < -0.39 is 0 Å². The molecule has 0 spiro atoms. The van der Waals surface area contributed by atoms with Gasteiger partial charge in [-0.15, -0.1) is 0 Å². The molecule has 0 aromatic heterocycles. The highest BCUT2D eigenvalue weighted by Gasteiger charge is 2.02. The van der Waals surface area contributed by atoms with Gasteiger partial charge in [-0.1, -0.05) is 76.2 Å². The zero-order valence-electron chi connectivity index (χ0n) is 13.2. The molecule has 0 saturated carbocycles. The highest BCUT2D eigenvalue weighted by molar-refractivity contribution is 5.28. The zero-order chi connectivity index (χ0) is 14.5. The molecule has 0 heterocycles. The minimum atomic E-state index is 0.611. The molecule has 0 fully saturated rings. The molecule has 106 valence electrons. The molecule has 0 aliphatic heterocycles. The van der Waals surface area contributed by atoms with E-state index in [0.717, 1.165) is 12.8 Å². The number of hydrogen-bond acceptors (Lipinski definition) is 0. The number of rotatable bonds is 5. The van der Waals surface area contributed by atoms with Gasteiger partial charge in [0.2, 0.25) is 0 Å². The third-order valence-electron chi connectivity index (χ3n) is 3.97. The first-order valence-corrected chi connectivity index (χ1v) is 7.74. The maximum atomic E-state index is 2.35. The summed E-state index contributed by atoms with van der Waals surface area (Å²) in [6.45, 7) is 8.99. The van der Waals surface area contributed by atoms with Crippen molar-refractivity contribution in [3.63, 3.8) is 0 Å². The smallest absolute Gasteiger partial charge is 0.0219 e. The molecule has 0 heteroatoms. The van der Waals surface area contributed by atoms with Crippen LogP contribution in [0.2, 0.25) is 0 Å². The van der Waals surface area contributed by atoms with Crippen molar-refractivity contribution >= 4 is 0 Å². The molecule has 0 saturated heterocycles. The monoisotopic (exact) mass is 266 g/mol. The fourth-order valence-electron chi connectivity index (χ4n) is 2.47. The van der Waals surface area contributed by atoms with Gasteiger partial charge in [-0.3, -0.25) is 0 Å². The lowest BCUT2D eigenvalue weighted by Crippen LogP contribution is -1.95. The van der Waals surface area contributed by atoms with E-state index in [9.17, 15) is 0 Å². The zero-order valence-corrected chi connectivity index (χ0v) is 13.2. The van der Waals surface area contributed by atoms with E-state index >= 15 is 0 Å². The van der Waals surface area contributed by atoms with Crippen molar-refractivity contribution in [3.8, 4) is 0 Å². The van der Waals surface area contributed by atoms with Crippen molar-refractivity contribution in [2.45, 2.75) is 52.4 Å². The van der Waals surface area contributed by atoms with Crippen LogP contribution in [0.4, 0.5) is 0 Å². The lowest BCUT2D eigenvalue weighted by atomic mass is 9.96. The summed E-state index contributed by atoms with van der Waals surface area (Å²) < 4.78 is 0. The molecule has 0 N–H and O–H groups in total. The SMILES string of the molecule is CC(C)c1ccc(CCc2cccc(C(C)C)c2)cc1. The maximum absolute atomic E-state index is 2.35. The van der Waals surface area contributed by atoms with Crippen LogP contribution in [0.3, 0.4) is 0 Å². The Morgan fingerprint density at radius 3 is 1.85 bits per heavy atom. The Balaban J connectivity index is 1.99. The van der Waals surface area contributed by atoms with Crippen LogP contribution in [0.5, 0.6) is 0 Å². The van der Waals surface area contributed by atoms with Crippen LogP contribution in [-0.4, -0.2) is 0 Å². The highest BCUT2D eigenvalue weighted by Crippen LogP contribution is 2.18. The average molecular weight is 266 g/mol. The molecular formula is C20H26. The molecule has 0 unspecified atom stereocenters. The first-order chi connectivity index (χ1) is 9.56. The van der Waals surface area contributed by atoms with Crippen LogP contribution >= 0.6 is 0 Å². The fourth-order valence-corrected chi connectivity index (χ4v) is 2.47. The van der Waals surface area contributed by atoms with E-state index in [-0.39, 0.29) is 0 Å². The first-order valence-electron chi connectivity index (χ1n) is 7.74. The lowest BCUT2D eigenvalue weighted by Gasteiger charge is -2.09. The van der Waals surface area contributed by atoms with Crippen LogP contribution in [0.1, 0.15) is 61.8 Å². The summed E-state index contributed by atoms with van der Waals surface area (Å²) in [6, 6.07) is 18.1. The standard InChI is InChI=1S/C20H26/c1-15(2)19-12-10-17(11-13-19)8-9-18-6-5-7-20(14-18)16(3)4/h5-7,10-16H,8-9H2,1-4H3. The van der Waals surface area contributed by atoms with E-state index in [2.05, 4.69) is 76.2 Å². The highest BCUT2D eigenvalue weighted by atomic mass is 14.1. The van der Waals surface area contributed by atoms with Crippen LogP contribution in [0, 0.1) is 0 Å². The molecular weight excluding hydrogens is 240 g/mol. The summed E-state index contributed by atoms with van der Waals surface area (Å²) in [5.74, 6) is 1.23. The Labute approximate surface area is 123 Å². The normalized spacial score (nSPS) is 11.3. The van der Waals surface area contributed by atoms with Gasteiger partial charge < -0.3 is 0 Å². The number of benzene rings is 2. The molecule has 0 radical (unpaired) electrons. The average Bonchev–Trinajstić information content (AvgIpc) is 2.46. The van der Waals surface area contributed by atoms with E-state index in [1.807, 2.05) is 0 Å². The van der Waals surface area contributed by atoms with Crippen molar-refractivity contribution in [1.82, 2.24) is 0 Å². The summed E-state index contributed by atoms with van der Waals surface area (Å²) in [5.41, 5.74) is 5.75. The van der Waals surface area contributed by atoms with Crippen LogP contribution in [0.15, 0.2) is 48.5 Å². The molecule has 0 aliphatic carbocycles. The Morgan fingerprint density at radius 1 is 0.650 bits per heavy atom. The van der Waals surface area contributed by atoms with Crippen LogP contribution in [-0.2, 0) is 12.8 Å². The van der Waals surface area contributed by atoms with E-state index in [1.54, 1.807) is 0 Å². The van der Waals surface area contributed by atoms with Gasteiger partial charge in [-0.25, -0.2) is 0 Å². The second-order valence-corrected chi connectivity index (χ2v) is 6.30. The molecule has 0 atom stereocenters. The van der Waals surface area contributed by atoms with Gasteiger partial charge >= 0.3 is 0 Å². The molecule has 0 aliphatic rings. The van der Waals surface area contributed by atoms with Crippen molar-refractivity contribution < 1.29 is 0 Å². The summed E-state index contributed by atoms with van der Waals surface area (Å²) in [6.07, 6.45) is 2.25. The molecule has 0 bridgehead atoms. The lowest BCUT2D eigenvalue weighted by molar-refractivity contribution is 0.855. The Hall–Kier alpha value is -1.56. The van der Waals surface area contributed by atoms with Gasteiger partial charge in [0.1, 0.15) is 0 Å². The molecule has 0 amide bonds. The van der Waals surface area contributed by atoms with Gasteiger partial charge in [0.15, 0.2) is 0 Å². The van der Waals surface area contributed by atoms with Gasteiger partial charge in [0.25, 0.3) is 0 Å².